The summed E-state index contributed by atoms with van der Waals surface area (Å²) in [5.41, 5.74) is 0.935. The van der Waals surface area contributed by atoms with Crippen LogP contribution in [-0.2, 0) is 25.4 Å². The normalized spacial score (nSPS) is 9.96. The molecule has 0 radical (unpaired) electrons. The molecule has 9 heteroatoms. The summed E-state index contributed by atoms with van der Waals surface area (Å²) < 4.78 is 14.0. The maximum absolute atomic E-state index is 11.7. The van der Waals surface area contributed by atoms with E-state index in [1.165, 1.54) is 25.6 Å². The number of methoxy groups -OCH3 is 2. The summed E-state index contributed by atoms with van der Waals surface area (Å²) in [6.07, 6.45) is 1.17. The number of unbranched alkanes of at least 4 members (excludes halogenated alkanes) is 1. The molecule has 0 saturated carbocycles. The summed E-state index contributed by atoms with van der Waals surface area (Å²) in [5.74, 6) is -0.251. The summed E-state index contributed by atoms with van der Waals surface area (Å²) in [6.45, 7) is 1.94. The number of thiophene rings is 1. The van der Waals surface area contributed by atoms with Gasteiger partial charge in [0.25, 0.3) is 0 Å². The van der Waals surface area contributed by atoms with Gasteiger partial charge in [-0.3, -0.25) is 15.4 Å². The second-order valence-electron chi connectivity index (χ2n) is 4.69. The Balaban J connectivity index is 2.76. The number of amides is 2. The minimum Gasteiger partial charge on any atom is -0.469 e. The van der Waals surface area contributed by atoms with E-state index in [4.69, 9.17) is 4.74 Å². The van der Waals surface area contributed by atoms with E-state index >= 15 is 0 Å². The molecule has 1 rings (SSSR count). The highest BCUT2D eigenvalue weighted by Gasteiger charge is 2.17. The Labute approximate surface area is 144 Å². The van der Waals surface area contributed by atoms with Crippen LogP contribution >= 0.6 is 11.3 Å². The first kappa shape index (κ1) is 19.8. The molecule has 0 aliphatic heterocycles. The fraction of sp³-hybridized carbons (Fsp3) is 0.533. The standard InChI is InChI=1S/C15H22N2O6S/c1-4-23-15(20)17-13-10(16-14(19)22-3)9-24-11(13)7-5-6-8-12(18)21-2/h9H,4-8H2,1-3H3,(H,16,19)(H,17,20). The zero-order valence-corrected chi connectivity index (χ0v) is 14.8. The van der Waals surface area contributed by atoms with Crippen LogP contribution in [0.15, 0.2) is 5.38 Å². The van der Waals surface area contributed by atoms with Gasteiger partial charge >= 0.3 is 18.2 Å². The van der Waals surface area contributed by atoms with E-state index < -0.39 is 12.2 Å². The summed E-state index contributed by atoms with van der Waals surface area (Å²) >= 11 is 1.40. The number of ether oxygens (including phenoxy) is 3. The molecule has 1 aromatic rings. The molecule has 0 saturated heterocycles. The van der Waals surface area contributed by atoms with Crippen molar-refractivity contribution in [2.24, 2.45) is 0 Å². The first-order valence-corrected chi connectivity index (χ1v) is 8.35. The van der Waals surface area contributed by atoms with Crippen molar-refractivity contribution in [1.29, 1.82) is 0 Å². The summed E-state index contributed by atoms with van der Waals surface area (Å²) in [7, 11) is 2.61. The van der Waals surface area contributed by atoms with Gasteiger partial charge in [-0.25, -0.2) is 9.59 Å². The van der Waals surface area contributed by atoms with E-state index in [-0.39, 0.29) is 12.6 Å². The van der Waals surface area contributed by atoms with Gasteiger partial charge in [0, 0.05) is 16.7 Å². The Morgan fingerprint density at radius 3 is 2.46 bits per heavy atom. The summed E-state index contributed by atoms with van der Waals surface area (Å²) in [6, 6.07) is 0. The zero-order chi connectivity index (χ0) is 17.9. The van der Waals surface area contributed by atoms with Crippen LogP contribution in [0.5, 0.6) is 0 Å². The van der Waals surface area contributed by atoms with Crippen molar-refractivity contribution >= 4 is 40.9 Å². The Kier molecular flexibility index (Phi) is 8.63. The molecule has 0 atom stereocenters. The molecule has 0 aliphatic rings. The molecule has 134 valence electrons. The van der Waals surface area contributed by atoms with Crippen LogP contribution in [0.25, 0.3) is 0 Å². The van der Waals surface area contributed by atoms with E-state index in [9.17, 15) is 14.4 Å². The molecule has 1 heterocycles. The largest absolute Gasteiger partial charge is 0.469 e. The van der Waals surface area contributed by atoms with Crippen LogP contribution in [-0.4, -0.2) is 39.0 Å². The maximum atomic E-state index is 11.7. The molecule has 1 aromatic heterocycles. The minimum absolute atomic E-state index is 0.240. The van der Waals surface area contributed by atoms with E-state index in [1.807, 2.05) is 0 Å². The lowest BCUT2D eigenvalue weighted by Gasteiger charge is -2.10. The highest BCUT2D eigenvalue weighted by molar-refractivity contribution is 7.11. The van der Waals surface area contributed by atoms with Gasteiger partial charge in [-0.2, -0.15) is 0 Å². The van der Waals surface area contributed by atoms with Crippen molar-refractivity contribution in [2.45, 2.75) is 32.6 Å². The predicted molar refractivity (Wildman–Crippen MR) is 90.6 cm³/mol. The van der Waals surface area contributed by atoms with Crippen molar-refractivity contribution in [1.82, 2.24) is 0 Å². The van der Waals surface area contributed by atoms with E-state index in [1.54, 1.807) is 12.3 Å². The van der Waals surface area contributed by atoms with Crippen LogP contribution in [0.4, 0.5) is 21.0 Å². The Bertz CT molecular complexity index is 572. The molecular weight excluding hydrogens is 336 g/mol. The summed E-state index contributed by atoms with van der Waals surface area (Å²) in [4.78, 5) is 35.1. The monoisotopic (exact) mass is 358 g/mol. The van der Waals surface area contributed by atoms with Crippen LogP contribution in [0.1, 0.15) is 31.1 Å². The van der Waals surface area contributed by atoms with Crippen LogP contribution < -0.4 is 10.6 Å². The van der Waals surface area contributed by atoms with Crippen molar-refractivity contribution in [3.63, 3.8) is 0 Å². The Morgan fingerprint density at radius 2 is 1.83 bits per heavy atom. The molecule has 24 heavy (non-hydrogen) atoms. The third-order valence-electron chi connectivity index (χ3n) is 3.05. The van der Waals surface area contributed by atoms with Crippen LogP contribution in [0.2, 0.25) is 0 Å². The molecule has 8 nitrogen and oxygen atoms in total. The van der Waals surface area contributed by atoms with Gasteiger partial charge in [0.15, 0.2) is 0 Å². The van der Waals surface area contributed by atoms with Crippen molar-refractivity contribution in [3.8, 4) is 0 Å². The fourth-order valence-corrected chi connectivity index (χ4v) is 2.88. The number of nitrogens with one attached hydrogen (secondary N) is 2. The van der Waals surface area contributed by atoms with Gasteiger partial charge in [-0.15, -0.1) is 11.3 Å². The third-order valence-corrected chi connectivity index (χ3v) is 4.10. The first-order chi connectivity index (χ1) is 11.5. The molecule has 0 unspecified atom stereocenters. The SMILES string of the molecule is CCOC(=O)Nc1c(NC(=O)OC)csc1CCCCC(=O)OC. The molecule has 0 aliphatic carbocycles. The second kappa shape index (κ2) is 10.5. The Hall–Kier alpha value is -2.29. The van der Waals surface area contributed by atoms with Gasteiger partial charge < -0.3 is 14.2 Å². The average molecular weight is 358 g/mol. The fourth-order valence-electron chi connectivity index (χ4n) is 1.90. The second-order valence-corrected chi connectivity index (χ2v) is 5.66. The third kappa shape index (κ3) is 6.45. The molecule has 0 spiro atoms. The number of hydrogen-bond acceptors (Lipinski definition) is 7. The smallest absolute Gasteiger partial charge is 0.411 e. The maximum Gasteiger partial charge on any atom is 0.411 e. The van der Waals surface area contributed by atoms with E-state index in [2.05, 4.69) is 20.1 Å². The molecule has 2 amide bonds. The molecular formula is C15H22N2O6S. The highest BCUT2D eigenvalue weighted by atomic mass is 32.1. The predicted octanol–water partition coefficient (Wildman–Crippen LogP) is 3.38. The van der Waals surface area contributed by atoms with Crippen LogP contribution in [0, 0.1) is 0 Å². The molecule has 0 aromatic carbocycles. The number of carbonyl (C=O) groups excluding carboxylic acids is 3. The van der Waals surface area contributed by atoms with E-state index in [0.717, 1.165) is 11.3 Å². The van der Waals surface area contributed by atoms with Gasteiger partial charge in [0.05, 0.1) is 32.2 Å². The van der Waals surface area contributed by atoms with Crippen molar-refractivity contribution in [3.05, 3.63) is 10.3 Å². The minimum atomic E-state index is -0.628. The van der Waals surface area contributed by atoms with Gasteiger partial charge in [-0.1, -0.05) is 0 Å². The number of anilines is 2. The lowest BCUT2D eigenvalue weighted by atomic mass is 10.1. The van der Waals surface area contributed by atoms with Gasteiger partial charge in [-0.05, 0) is 26.2 Å². The number of esters is 1. The average Bonchev–Trinajstić information content (AvgIpc) is 2.93. The first-order valence-electron chi connectivity index (χ1n) is 7.47. The zero-order valence-electron chi connectivity index (χ0n) is 14.0. The number of hydrogen-bond donors (Lipinski definition) is 2. The number of rotatable bonds is 8. The van der Waals surface area contributed by atoms with Gasteiger partial charge in [0.1, 0.15) is 0 Å². The quantitative estimate of drug-likeness (QED) is 0.419. The lowest BCUT2D eigenvalue weighted by molar-refractivity contribution is -0.140. The molecule has 2 N–H and O–H groups in total. The van der Waals surface area contributed by atoms with Crippen molar-refractivity contribution in [2.75, 3.05) is 31.5 Å². The molecule has 0 bridgehead atoms. The van der Waals surface area contributed by atoms with Crippen LogP contribution in [0.3, 0.4) is 0 Å². The van der Waals surface area contributed by atoms with E-state index in [0.29, 0.717) is 30.6 Å². The highest BCUT2D eigenvalue weighted by Crippen LogP contribution is 2.34. The topological polar surface area (TPSA) is 103 Å². The molecule has 0 fully saturated rings. The number of aryl methyl sites for hydroxylation is 1. The van der Waals surface area contributed by atoms with Crippen molar-refractivity contribution < 1.29 is 28.6 Å². The van der Waals surface area contributed by atoms with Gasteiger partial charge in [0.2, 0.25) is 0 Å². The summed E-state index contributed by atoms with van der Waals surface area (Å²) in [5, 5.41) is 6.90. The Morgan fingerprint density at radius 1 is 1.08 bits per heavy atom. The number of carbonyl (C=O) groups is 3. The lowest BCUT2D eigenvalue weighted by Crippen LogP contribution is -2.17.